The average molecular weight is 321 g/mol. The monoisotopic (exact) mass is 320 g/mol. The number of amides is 2. The van der Waals surface area contributed by atoms with Gasteiger partial charge in [0.15, 0.2) is 5.82 Å². The second-order valence-electron chi connectivity index (χ2n) is 4.42. The lowest BCUT2D eigenvalue weighted by molar-refractivity contribution is -0.135. The highest BCUT2D eigenvalue weighted by Crippen LogP contribution is 2.07. The van der Waals surface area contributed by atoms with Crippen LogP contribution in [-0.4, -0.2) is 55.2 Å². The number of nitrogens with two attached hydrogens (primary N) is 1. The van der Waals surface area contributed by atoms with Crippen LogP contribution in [0.3, 0.4) is 0 Å². The molecule has 3 N–H and O–H groups in total. The van der Waals surface area contributed by atoms with Gasteiger partial charge in [-0.05, 0) is 6.92 Å². The summed E-state index contributed by atoms with van der Waals surface area (Å²) in [5, 5.41) is 6.17. The summed E-state index contributed by atoms with van der Waals surface area (Å²) in [6, 6.07) is 1.59. The lowest BCUT2D eigenvalue weighted by atomic mass is 10.2. The Labute approximate surface area is 129 Å². The smallest absolute Gasteiger partial charge is 0.245 e. The molecule has 0 aliphatic rings. The van der Waals surface area contributed by atoms with Crippen molar-refractivity contribution >= 4 is 30.0 Å². The Kier molecular flexibility index (Phi) is 8.60. The van der Waals surface area contributed by atoms with Gasteiger partial charge in [-0.25, -0.2) is 0 Å². The van der Waals surface area contributed by atoms with Crippen LogP contribution in [0.2, 0.25) is 0 Å². The first kappa shape index (κ1) is 19.4. The molecule has 0 aromatic carbocycles. The highest BCUT2D eigenvalue weighted by Gasteiger charge is 2.18. The number of halogens is 1. The maximum absolute atomic E-state index is 11.8. The molecular weight excluding hydrogens is 300 g/mol. The number of carbonyl (C=O) groups excluding carboxylic acids is 2. The van der Waals surface area contributed by atoms with E-state index in [1.807, 2.05) is 0 Å². The Hall–Kier alpha value is -1.64. The number of anilines is 1. The van der Waals surface area contributed by atoms with Gasteiger partial charge in [0.25, 0.3) is 0 Å². The number of nitrogens with one attached hydrogen (secondary N) is 1. The number of aryl methyl sites for hydroxylation is 1. The Bertz CT molecular complexity index is 462. The Morgan fingerprint density at radius 1 is 1.57 bits per heavy atom. The average Bonchev–Trinajstić information content (AvgIpc) is 2.80. The molecular formula is C12H21ClN4O4. The third kappa shape index (κ3) is 6.56. The number of hydrogen-bond acceptors (Lipinski definition) is 6. The zero-order chi connectivity index (χ0) is 15.1. The molecule has 1 rings (SSSR count). The van der Waals surface area contributed by atoms with Gasteiger partial charge in [-0.2, -0.15) is 0 Å². The fourth-order valence-electron chi connectivity index (χ4n) is 1.52. The molecule has 0 saturated heterocycles. The first-order chi connectivity index (χ1) is 9.46. The summed E-state index contributed by atoms with van der Waals surface area (Å²) in [6.45, 7) is 1.89. The predicted octanol–water partition coefficient (Wildman–Crippen LogP) is 0.166. The van der Waals surface area contributed by atoms with Crippen molar-refractivity contribution in [3.63, 3.8) is 0 Å². The second kappa shape index (κ2) is 9.32. The zero-order valence-electron chi connectivity index (χ0n) is 12.3. The molecule has 0 aliphatic heterocycles. The summed E-state index contributed by atoms with van der Waals surface area (Å²) in [7, 11) is 3.03. The van der Waals surface area contributed by atoms with Crippen molar-refractivity contribution in [2.75, 3.05) is 32.6 Å². The van der Waals surface area contributed by atoms with Gasteiger partial charge in [-0.15, -0.1) is 12.4 Å². The minimum absolute atomic E-state index is 0. The van der Waals surface area contributed by atoms with Gasteiger partial charge in [-0.1, -0.05) is 5.16 Å². The molecule has 0 spiro atoms. The van der Waals surface area contributed by atoms with Gasteiger partial charge >= 0.3 is 0 Å². The molecule has 0 bridgehead atoms. The summed E-state index contributed by atoms with van der Waals surface area (Å²) < 4.78 is 9.85. The maximum Gasteiger partial charge on any atom is 0.245 e. The third-order valence-corrected chi connectivity index (χ3v) is 2.70. The molecule has 8 nitrogen and oxygen atoms in total. The summed E-state index contributed by atoms with van der Waals surface area (Å²) in [5.41, 5.74) is 5.44. The topological polar surface area (TPSA) is 111 Å². The van der Waals surface area contributed by atoms with Gasteiger partial charge in [0.1, 0.15) is 5.76 Å². The largest absolute Gasteiger partial charge is 0.380 e. The van der Waals surface area contributed by atoms with Crippen LogP contribution in [0, 0.1) is 6.92 Å². The highest BCUT2D eigenvalue weighted by atomic mass is 35.5. The van der Waals surface area contributed by atoms with Crippen molar-refractivity contribution in [3.05, 3.63) is 11.8 Å². The molecule has 1 aromatic heterocycles. The van der Waals surface area contributed by atoms with E-state index in [0.29, 0.717) is 11.6 Å². The lowest BCUT2D eigenvalue weighted by Gasteiger charge is -2.19. The van der Waals surface area contributed by atoms with Crippen molar-refractivity contribution < 1.29 is 18.8 Å². The molecule has 1 unspecified atom stereocenters. The van der Waals surface area contributed by atoms with Crippen LogP contribution in [0.15, 0.2) is 10.6 Å². The lowest BCUT2D eigenvalue weighted by Crippen LogP contribution is -2.38. The van der Waals surface area contributed by atoms with Crippen LogP contribution in [-0.2, 0) is 14.3 Å². The maximum atomic E-state index is 11.8. The number of aromatic nitrogens is 1. The molecule has 2 amide bonds. The molecule has 1 heterocycles. The van der Waals surface area contributed by atoms with Crippen molar-refractivity contribution in [1.82, 2.24) is 10.1 Å². The van der Waals surface area contributed by atoms with E-state index in [1.54, 1.807) is 20.0 Å². The molecule has 120 valence electrons. The van der Waals surface area contributed by atoms with Crippen molar-refractivity contribution in [1.29, 1.82) is 0 Å². The number of methoxy groups -OCH3 is 1. The highest BCUT2D eigenvalue weighted by molar-refractivity contribution is 5.93. The zero-order valence-corrected chi connectivity index (χ0v) is 13.1. The number of ether oxygens (including phenoxy) is 1. The Morgan fingerprint density at radius 3 is 2.71 bits per heavy atom. The first-order valence-corrected chi connectivity index (χ1v) is 6.16. The number of hydrogen-bond donors (Lipinski definition) is 2. The quantitative estimate of drug-likeness (QED) is 0.740. The standard InChI is InChI=1S/C12H20N4O4.ClH/c1-8-4-10(15-20-8)14-11(17)7-16(2)12(18)5-9(6-13)19-3;/h4,9H,5-7,13H2,1-3H3,(H,14,15,17);1H. The minimum atomic E-state index is -0.351. The third-order valence-electron chi connectivity index (χ3n) is 2.70. The first-order valence-electron chi connectivity index (χ1n) is 6.16. The fraction of sp³-hybridized carbons (Fsp3) is 0.583. The van der Waals surface area contributed by atoms with Gasteiger partial charge in [0, 0.05) is 26.8 Å². The summed E-state index contributed by atoms with van der Waals surface area (Å²) in [4.78, 5) is 24.9. The van der Waals surface area contributed by atoms with Gasteiger partial charge in [0.2, 0.25) is 11.8 Å². The van der Waals surface area contributed by atoms with Crippen LogP contribution in [0.1, 0.15) is 12.2 Å². The van der Waals surface area contributed by atoms with E-state index in [-0.39, 0.29) is 49.8 Å². The molecule has 0 aliphatic carbocycles. The van der Waals surface area contributed by atoms with Crippen molar-refractivity contribution in [3.8, 4) is 0 Å². The van der Waals surface area contributed by atoms with E-state index >= 15 is 0 Å². The minimum Gasteiger partial charge on any atom is -0.380 e. The number of carbonyl (C=O) groups is 2. The van der Waals surface area contributed by atoms with E-state index < -0.39 is 0 Å². The number of rotatable bonds is 7. The van der Waals surface area contributed by atoms with Crippen LogP contribution in [0.4, 0.5) is 5.82 Å². The molecule has 0 radical (unpaired) electrons. The second-order valence-corrected chi connectivity index (χ2v) is 4.42. The normalized spacial score (nSPS) is 11.4. The summed E-state index contributed by atoms with van der Waals surface area (Å²) in [5.74, 6) is 0.352. The fourth-order valence-corrected chi connectivity index (χ4v) is 1.52. The molecule has 1 atom stereocenters. The van der Waals surface area contributed by atoms with Crippen LogP contribution in [0.25, 0.3) is 0 Å². The van der Waals surface area contributed by atoms with E-state index in [9.17, 15) is 9.59 Å². The van der Waals surface area contributed by atoms with Crippen LogP contribution < -0.4 is 11.1 Å². The van der Waals surface area contributed by atoms with Crippen LogP contribution in [0.5, 0.6) is 0 Å². The van der Waals surface area contributed by atoms with Crippen LogP contribution >= 0.6 is 12.4 Å². The van der Waals surface area contributed by atoms with Gasteiger partial charge in [-0.3, -0.25) is 9.59 Å². The Morgan fingerprint density at radius 2 is 2.24 bits per heavy atom. The van der Waals surface area contributed by atoms with E-state index in [0.717, 1.165) is 0 Å². The Balaban J connectivity index is 0.00000400. The van der Waals surface area contributed by atoms with Crippen molar-refractivity contribution in [2.24, 2.45) is 5.73 Å². The molecule has 0 fully saturated rings. The summed E-state index contributed by atoms with van der Waals surface area (Å²) in [6.07, 6.45) is -0.203. The van der Waals surface area contributed by atoms with Gasteiger partial charge in [0.05, 0.1) is 19.1 Å². The SMILES string of the molecule is COC(CN)CC(=O)N(C)CC(=O)Nc1cc(C)on1.Cl. The van der Waals surface area contributed by atoms with E-state index in [2.05, 4.69) is 10.5 Å². The molecule has 21 heavy (non-hydrogen) atoms. The number of likely N-dealkylation sites (N-methyl/N-ethyl adjacent to an activating group) is 1. The molecule has 9 heteroatoms. The van der Waals surface area contributed by atoms with E-state index in [4.69, 9.17) is 15.0 Å². The molecule has 1 aromatic rings. The number of nitrogens with zero attached hydrogens (tertiary/aromatic N) is 2. The summed E-state index contributed by atoms with van der Waals surface area (Å²) >= 11 is 0. The van der Waals surface area contributed by atoms with Crippen molar-refractivity contribution in [2.45, 2.75) is 19.4 Å². The molecule has 0 saturated carbocycles. The van der Waals surface area contributed by atoms with Gasteiger partial charge < -0.3 is 25.2 Å². The predicted molar refractivity (Wildman–Crippen MR) is 79.2 cm³/mol. The van der Waals surface area contributed by atoms with E-state index in [1.165, 1.54) is 12.0 Å².